The van der Waals surface area contributed by atoms with Gasteiger partial charge in [-0.25, -0.2) is 0 Å². The Labute approximate surface area is 160 Å². The lowest BCUT2D eigenvalue weighted by molar-refractivity contribution is -0.384. The van der Waals surface area contributed by atoms with Gasteiger partial charge >= 0.3 is 0 Å². The highest BCUT2D eigenvalue weighted by Gasteiger charge is 2.37. The number of amides is 3. The molecule has 9 nitrogen and oxygen atoms in total. The maximum Gasteiger partial charge on any atom is 0.273 e. The monoisotopic (exact) mass is 383 g/mol. The minimum absolute atomic E-state index is 0.126. The van der Waals surface area contributed by atoms with Gasteiger partial charge in [-0.2, -0.15) is 0 Å². The van der Waals surface area contributed by atoms with Crippen LogP contribution < -0.4 is 10.1 Å². The van der Waals surface area contributed by atoms with Crippen molar-refractivity contribution in [2.75, 3.05) is 12.4 Å². The SMILES string of the molecule is COc1cc([N+](=O)[O-])ccc1NC(=O)c1ccc2c(c1)C(=O)N(C(C)C)C2=O. The molecule has 2 aromatic carbocycles. The predicted molar refractivity (Wildman–Crippen MR) is 99.7 cm³/mol. The second-order valence-electron chi connectivity index (χ2n) is 6.43. The zero-order valence-corrected chi connectivity index (χ0v) is 15.4. The summed E-state index contributed by atoms with van der Waals surface area (Å²) in [5.41, 5.74) is 0.658. The van der Waals surface area contributed by atoms with Crippen LogP contribution in [0.15, 0.2) is 36.4 Å². The van der Waals surface area contributed by atoms with Gasteiger partial charge in [-0.3, -0.25) is 29.4 Å². The van der Waals surface area contributed by atoms with Crippen molar-refractivity contribution in [3.63, 3.8) is 0 Å². The first kappa shape index (κ1) is 19.0. The summed E-state index contributed by atoms with van der Waals surface area (Å²) in [5.74, 6) is -1.25. The Bertz CT molecular complexity index is 1010. The van der Waals surface area contributed by atoms with E-state index in [0.29, 0.717) is 0 Å². The van der Waals surface area contributed by atoms with Crippen LogP contribution >= 0.6 is 0 Å². The van der Waals surface area contributed by atoms with Crippen LogP contribution in [0.2, 0.25) is 0 Å². The van der Waals surface area contributed by atoms with E-state index in [-0.39, 0.29) is 45.8 Å². The Morgan fingerprint density at radius 3 is 2.39 bits per heavy atom. The summed E-state index contributed by atoms with van der Waals surface area (Å²) in [6, 6.07) is 7.75. The first-order chi connectivity index (χ1) is 13.2. The lowest BCUT2D eigenvalue weighted by Gasteiger charge is -2.17. The topological polar surface area (TPSA) is 119 Å². The number of hydrogen-bond donors (Lipinski definition) is 1. The molecule has 0 saturated carbocycles. The number of nitro benzene ring substituents is 1. The van der Waals surface area contributed by atoms with Gasteiger partial charge in [0.1, 0.15) is 5.75 Å². The molecule has 1 heterocycles. The average Bonchev–Trinajstić information content (AvgIpc) is 2.92. The van der Waals surface area contributed by atoms with Crippen LogP contribution in [0.3, 0.4) is 0 Å². The number of non-ortho nitro benzene ring substituents is 1. The first-order valence-electron chi connectivity index (χ1n) is 8.40. The van der Waals surface area contributed by atoms with Gasteiger partial charge < -0.3 is 10.1 Å². The Morgan fingerprint density at radius 2 is 1.79 bits per heavy atom. The second-order valence-corrected chi connectivity index (χ2v) is 6.43. The van der Waals surface area contributed by atoms with Crippen molar-refractivity contribution < 1.29 is 24.0 Å². The molecule has 3 rings (SSSR count). The minimum atomic E-state index is -0.572. The molecular formula is C19H17N3O6. The maximum absolute atomic E-state index is 12.6. The molecule has 0 unspecified atom stereocenters. The quantitative estimate of drug-likeness (QED) is 0.482. The van der Waals surface area contributed by atoms with Crippen molar-refractivity contribution in [1.82, 2.24) is 4.90 Å². The summed E-state index contributed by atoms with van der Waals surface area (Å²) in [6.07, 6.45) is 0. The number of imide groups is 1. The fourth-order valence-electron chi connectivity index (χ4n) is 2.96. The van der Waals surface area contributed by atoms with E-state index in [1.54, 1.807) is 13.8 Å². The number of nitrogens with one attached hydrogen (secondary N) is 1. The molecule has 0 aliphatic carbocycles. The van der Waals surface area contributed by atoms with E-state index in [2.05, 4.69) is 5.32 Å². The third-order valence-corrected chi connectivity index (χ3v) is 4.34. The van der Waals surface area contributed by atoms with Crippen molar-refractivity contribution in [3.8, 4) is 5.75 Å². The Balaban J connectivity index is 1.89. The third-order valence-electron chi connectivity index (χ3n) is 4.34. The second kappa shape index (κ2) is 7.10. The van der Waals surface area contributed by atoms with Gasteiger partial charge in [0.05, 0.1) is 34.9 Å². The molecule has 9 heteroatoms. The lowest BCUT2D eigenvalue weighted by atomic mass is 10.1. The van der Waals surface area contributed by atoms with Crippen molar-refractivity contribution in [3.05, 3.63) is 63.2 Å². The van der Waals surface area contributed by atoms with E-state index in [9.17, 15) is 24.5 Å². The first-order valence-corrected chi connectivity index (χ1v) is 8.40. The highest BCUT2D eigenvalue weighted by Crippen LogP contribution is 2.30. The van der Waals surface area contributed by atoms with Gasteiger partial charge in [0.25, 0.3) is 23.4 Å². The molecule has 1 N–H and O–H groups in total. The van der Waals surface area contributed by atoms with Gasteiger partial charge in [0, 0.05) is 17.7 Å². The van der Waals surface area contributed by atoms with E-state index < -0.39 is 16.7 Å². The maximum atomic E-state index is 12.6. The van der Waals surface area contributed by atoms with Crippen molar-refractivity contribution in [2.24, 2.45) is 0 Å². The number of carbonyl (C=O) groups is 3. The van der Waals surface area contributed by atoms with Crippen LogP contribution in [0.5, 0.6) is 5.75 Å². The molecule has 0 radical (unpaired) electrons. The van der Waals surface area contributed by atoms with Crippen LogP contribution in [-0.4, -0.2) is 40.7 Å². The minimum Gasteiger partial charge on any atom is -0.494 e. The number of methoxy groups -OCH3 is 1. The summed E-state index contributed by atoms with van der Waals surface area (Å²) >= 11 is 0. The number of rotatable bonds is 5. The number of carbonyl (C=O) groups excluding carboxylic acids is 3. The van der Waals surface area contributed by atoms with Crippen LogP contribution in [-0.2, 0) is 0 Å². The van der Waals surface area contributed by atoms with Crippen LogP contribution in [0.4, 0.5) is 11.4 Å². The van der Waals surface area contributed by atoms with Gasteiger partial charge in [-0.05, 0) is 38.1 Å². The Kier molecular flexibility index (Phi) is 4.83. The summed E-state index contributed by atoms with van der Waals surface area (Å²) in [7, 11) is 1.33. The largest absolute Gasteiger partial charge is 0.494 e. The fourth-order valence-corrected chi connectivity index (χ4v) is 2.96. The zero-order chi connectivity index (χ0) is 20.6. The number of benzene rings is 2. The standard InChI is InChI=1S/C19H17N3O6/c1-10(2)21-18(24)13-6-4-11(8-14(13)19(21)25)17(23)20-15-7-5-12(22(26)27)9-16(15)28-3/h4-10H,1-3H3,(H,20,23). The molecule has 0 spiro atoms. The normalized spacial score (nSPS) is 12.9. The Morgan fingerprint density at radius 1 is 1.11 bits per heavy atom. The fraction of sp³-hybridized carbons (Fsp3) is 0.211. The molecule has 0 bridgehead atoms. The Hall–Kier alpha value is -3.75. The number of hydrogen-bond acceptors (Lipinski definition) is 6. The van der Waals surface area contributed by atoms with E-state index in [0.717, 1.165) is 4.90 Å². The number of fused-ring (bicyclic) bond motifs is 1. The molecular weight excluding hydrogens is 366 g/mol. The molecule has 0 atom stereocenters. The van der Waals surface area contributed by atoms with E-state index in [1.807, 2.05) is 0 Å². The van der Waals surface area contributed by atoms with Crippen molar-refractivity contribution >= 4 is 29.1 Å². The molecule has 0 aromatic heterocycles. The highest BCUT2D eigenvalue weighted by molar-refractivity contribution is 6.22. The summed E-state index contributed by atoms with van der Waals surface area (Å²) in [5, 5.41) is 13.5. The summed E-state index contributed by atoms with van der Waals surface area (Å²) in [6.45, 7) is 3.46. The third kappa shape index (κ3) is 3.18. The summed E-state index contributed by atoms with van der Waals surface area (Å²) in [4.78, 5) is 48.8. The molecule has 0 saturated heterocycles. The molecule has 28 heavy (non-hydrogen) atoms. The van der Waals surface area contributed by atoms with Gasteiger partial charge in [0.15, 0.2) is 0 Å². The summed E-state index contributed by atoms with van der Waals surface area (Å²) < 4.78 is 5.09. The zero-order valence-electron chi connectivity index (χ0n) is 15.4. The number of anilines is 1. The van der Waals surface area contributed by atoms with Crippen LogP contribution in [0.25, 0.3) is 0 Å². The van der Waals surface area contributed by atoms with E-state index in [4.69, 9.17) is 4.74 Å². The van der Waals surface area contributed by atoms with Crippen molar-refractivity contribution in [1.29, 1.82) is 0 Å². The average molecular weight is 383 g/mol. The molecule has 144 valence electrons. The number of nitro groups is 1. The predicted octanol–water partition coefficient (Wildman–Crippen LogP) is 2.86. The number of ether oxygens (including phenoxy) is 1. The lowest BCUT2D eigenvalue weighted by Crippen LogP contribution is -2.35. The molecule has 3 amide bonds. The molecule has 0 fully saturated rings. The van der Waals surface area contributed by atoms with Gasteiger partial charge in [-0.15, -0.1) is 0 Å². The number of nitrogens with zero attached hydrogens (tertiary/aromatic N) is 2. The van der Waals surface area contributed by atoms with E-state index >= 15 is 0 Å². The van der Waals surface area contributed by atoms with Crippen molar-refractivity contribution in [2.45, 2.75) is 19.9 Å². The highest BCUT2D eigenvalue weighted by atomic mass is 16.6. The smallest absolute Gasteiger partial charge is 0.273 e. The molecule has 2 aromatic rings. The molecule has 1 aliphatic heterocycles. The van der Waals surface area contributed by atoms with Gasteiger partial charge in [-0.1, -0.05) is 0 Å². The van der Waals surface area contributed by atoms with E-state index in [1.165, 1.54) is 43.5 Å². The van der Waals surface area contributed by atoms with Crippen LogP contribution in [0.1, 0.15) is 44.9 Å². The van der Waals surface area contributed by atoms with Gasteiger partial charge in [0.2, 0.25) is 0 Å². The van der Waals surface area contributed by atoms with Crippen LogP contribution in [0, 0.1) is 10.1 Å². The molecule has 1 aliphatic rings.